The molecule has 0 aliphatic carbocycles. The molecule has 1 aromatic rings. The van der Waals surface area contributed by atoms with Crippen molar-refractivity contribution < 1.29 is 9.84 Å². The molecule has 4 heteroatoms. The van der Waals surface area contributed by atoms with Gasteiger partial charge in [-0.05, 0) is 6.92 Å². The maximum absolute atomic E-state index is 8.87. The van der Waals surface area contributed by atoms with E-state index < -0.39 is 0 Å². The summed E-state index contributed by atoms with van der Waals surface area (Å²) < 4.78 is 5.22. The second-order valence-corrected chi connectivity index (χ2v) is 2.59. The lowest BCUT2D eigenvalue weighted by Crippen LogP contribution is -1.97. The largest absolute Gasteiger partial charge is 0.493 e. The number of ether oxygens (including phenoxy) is 1. The molecule has 12 heavy (non-hydrogen) atoms. The monoisotopic (exact) mass is 187 g/mol. The van der Waals surface area contributed by atoms with E-state index in [1.54, 1.807) is 6.07 Å². The molecule has 3 nitrogen and oxygen atoms in total. The number of nitrogens with zero attached hydrogens (tertiary/aromatic N) is 1. The van der Waals surface area contributed by atoms with Crippen LogP contribution in [0.15, 0.2) is 12.3 Å². The minimum atomic E-state index is -0.0838. The Hall–Kier alpha value is -0.800. The molecule has 1 rings (SSSR count). The zero-order valence-corrected chi connectivity index (χ0v) is 7.51. The van der Waals surface area contributed by atoms with Gasteiger partial charge in [0.1, 0.15) is 10.9 Å². The Bertz CT molecular complexity index is 265. The van der Waals surface area contributed by atoms with E-state index in [4.69, 9.17) is 21.4 Å². The Morgan fingerprint density at radius 1 is 1.67 bits per heavy atom. The first kappa shape index (κ1) is 9.29. The van der Waals surface area contributed by atoms with Gasteiger partial charge in [-0.15, -0.1) is 0 Å². The van der Waals surface area contributed by atoms with Crippen molar-refractivity contribution in [2.75, 3.05) is 6.61 Å². The van der Waals surface area contributed by atoms with Crippen LogP contribution in [0.3, 0.4) is 0 Å². The van der Waals surface area contributed by atoms with Crippen molar-refractivity contribution in [1.82, 2.24) is 4.98 Å². The number of aliphatic hydroxyl groups is 1. The molecule has 0 aromatic carbocycles. The topological polar surface area (TPSA) is 42.4 Å². The van der Waals surface area contributed by atoms with Crippen LogP contribution in [0.4, 0.5) is 0 Å². The number of aromatic nitrogens is 1. The summed E-state index contributed by atoms with van der Waals surface area (Å²) in [4.78, 5) is 3.82. The van der Waals surface area contributed by atoms with E-state index in [2.05, 4.69) is 4.98 Å². The van der Waals surface area contributed by atoms with Crippen LogP contribution in [0.2, 0.25) is 5.15 Å². The van der Waals surface area contributed by atoms with Gasteiger partial charge >= 0.3 is 0 Å². The molecule has 0 spiro atoms. The molecule has 0 atom stereocenters. The fourth-order valence-electron chi connectivity index (χ4n) is 0.850. The summed E-state index contributed by atoms with van der Waals surface area (Å²) in [5.74, 6) is 0.597. The van der Waals surface area contributed by atoms with Crippen molar-refractivity contribution in [3.8, 4) is 5.75 Å². The van der Waals surface area contributed by atoms with Gasteiger partial charge in [-0.1, -0.05) is 11.6 Å². The predicted octanol–water partition coefficient (Wildman–Crippen LogP) is 1.63. The minimum absolute atomic E-state index is 0.0838. The Kier molecular flexibility index (Phi) is 3.31. The number of rotatable bonds is 3. The summed E-state index contributed by atoms with van der Waals surface area (Å²) in [7, 11) is 0. The molecule has 0 aliphatic heterocycles. The molecule has 0 aliphatic rings. The standard InChI is InChI=1S/C8H10ClNO2/c1-2-12-7-3-8(9)10-4-6(7)5-11/h3-4,11H,2,5H2,1H3. The Balaban J connectivity index is 2.95. The van der Waals surface area contributed by atoms with Gasteiger partial charge in [0.25, 0.3) is 0 Å². The van der Waals surface area contributed by atoms with Crippen LogP contribution in [0.1, 0.15) is 12.5 Å². The molecule has 1 heterocycles. The Labute approximate surface area is 76.0 Å². The maximum Gasteiger partial charge on any atom is 0.132 e. The zero-order chi connectivity index (χ0) is 8.97. The van der Waals surface area contributed by atoms with E-state index >= 15 is 0 Å². The van der Waals surface area contributed by atoms with Crippen LogP contribution in [0.5, 0.6) is 5.75 Å². The summed E-state index contributed by atoms with van der Waals surface area (Å²) in [6.07, 6.45) is 1.51. The van der Waals surface area contributed by atoms with Gasteiger partial charge in [-0.3, -0.25) is 0 Å². The molecule has 0 fully saturated rings. The number of aliphatic hydroxyl groups excluding tert-OH is 1. The van der Waals surface area contributed by atoms with Crippen LogP contribution >= 0.6 is 11.6 Å². The van der Waals surface area contributed by atoms with E-state index in [1.807, 2.05) is 6.92 Å². The van der Waals surface area contributed by atoms with Gasteiger partial charge in [-0.2, -0.15) is 0 Å². The summed E-state index contributed by atoms with van der Waals surface area (Å²) in [5, 5.41) is 9.24. The quantitative estimate of drug-likeness (QED) is 0.732. The lowest BCUT2D eigenvalue weighted by atomic mass is 10.3. The van der Waals surface area contributed by atoms with Crippen molar-refractivity contribution in [3.63, 3.8) is 0 Å². The van der Waals surface area contributed by atoms with Crippen molar-refractivity contribution in [3.05, 3.63) is 23.0 Å². The molecule has 0 saturated heterocycles. The number of halogens is 1. The molecule has 1 N–H and O–H groups in total. The number of pyridine rings is 1. The summed E-state index contributed by atoms with van der Waals surface area (Å²) in [5.41, 5.74) is 0.654. The van der Waals surface area contributed by atoms with Gasteiger partial charge in [0.2, 0.25) is 0 Å². The van der Waals surface area contributed by atoms with Gasteiger partial charge in [-0.25, -0.2) is 4.98 Å². The number of hydrogen-bond acceptors (Lipinski definition) is 3. The third-order valence-corrected chi connectivity index (χ3v) is 1.59. The van der Waals surface area contributed by atoms with Gasteiger partial charge in [0.05, 0.1) is 13.2 Å². The van der Waals surface area contributed by atoms with Crippen LogP contribution in [-0.2, 0) is 6.61 Å². The van der Waals surface area contributed by atoms with Gasteiger partial charge in [0.15, 0.2) is 0 Å². The smallest absolute Gasteiger partial charge is 0.132 e. The third kappa shape index (κ3) is 2.09. The third-order valence-electron chi connectivity index (χ3n) is 1.38. The molecule has 0 amide bonds. The van der Waals surface area contributed by atoms with Crippen molar-refractivity contribution in [1.29, 1.82) is 0 Å². The van der Waals surface area contributed by atoms with Crippen LogP contribution in [-0.4, -0.2) is 16.7 Å². The normalized spacial score (nSPS) is 9.92. The highest BCUT2D eigenvalue weighted by atomic mass is 35.5. The minimum Gasteiger partial charge on any atom is -0.493 e. The fraction of sp³-hybridized carbons (Fsp3) is 0.375. The molecule has 0 bridgehead atoms. The lowest BCUT2D eigenvalue weighted by Gasteiger charge is -2.07. The van der Waals surface area contributed by atoms with Crippen LogP contribution in [0, 0.1) is 0 Å². The van der Waals surface area contributed by atoms with E-state index in [1.165, 1.54) is 6.20 Å². The molecule has 0 saturated carbocycles. The van der Waals surface area contributed by atoms with Crippen molar-refractivity contribution in [2.24, 2.45) is 0 Å². The van der Waals surface area contributed by atoms with E-state index in [0.717, 1.165) is 0 Å². The molecule has 0 radical (unpaired) electrons. The molecular formula is C8H10ClNO2. The van der Waals surface area contributed by atoms with E-state index in [-0.39, 0.29) is 6.61 Å². The van der Waals surface area contributed by atoms with E-state index in [0.29, 0.717) is 23.1 Å². The Morgan fingerprint density at radius 2 is 2.42 bits per heavy atom. The van der Waals surface area contributed by atoms with Crippen molar-refractivity contribution >= 4 is 11.6 Å². The highest BCUT2D eigenvalue weighted by molar-refractivity contribution is 6.29. The summed E-state index contributed by atoms with van der Waals surface area (Å²) in [6.45, 7) is 2.34. The first-order chi connectivity index (χ1) is 5.77. The SMILES string of the molecule is CCOc1cc(Cl)ncc1CO. The second-order valence-electron chi connectivity index (χ2n) is 2.21. The van der Waals surface area contributed by atoms with Crippen LogP contribution in [0.25, 0.3) is 0 Å². The van der Waals surface area contributed by atoms with Crippen LogP contribution < -0.4 is 4.74 Å². The highest BCUT2D eigenvalue weighted by Gasteiger charge is 2.03. The average molecular weight is 188 g/mol. The second kappa shape index (κ2) is 4.28. The summed E-state index contributed by atoms with van der Waals surface area (Å²) in [6, 6.07) is 1.59. The highest BCUT2D eigenvalue weighted by Crippen LogP contribution is 2.20. The average Bonchev–Trinajstić information content (AvgIpc) is 2.05. The molecule has 1 aromatic heterocycles. The molecule has 0 unspecified atom stereocenters. The first-order valence-electron chi connectivity index (χ1n) is 3.66. The predicted molar refractivity (Wildman–Crippen MR) is 46.3 cm³/mol. The molecular weight excluding hydrogens is 178 g/mol. The van der Waals surface area contributed by atoms with Gasteiger partial charge < -0.3 is 9.84 Å². The fourth-order valence-corrected chi connectivity index (χ4v) is 0.998. The lowest BCUT2D eigenvalue weighted by molar-refractivity contribution is 0.266. The number of hydrogen-bond donors (Lipinski definition) is 1. The van der Waals surface area contributed by atoms with E-state index in [9.17, 15) is 0 Å². The Morgan fingerprint density at radius 3 is 3.00 bits per heavy atom. The first-order valence-corrected chi connectivity index (χ1v) is 4.03. The van der Waals surface area contributed by atoms with Gasteiger partial charge in [0, 0.05) is 17.8 Å². The molecule has 66 valence electrons. The zero-order valence-electron chi connectivity index (χ0n) is 6.75. The summed E-state index contributed by atoms with van der Waals surface area (Å²) >= 11 is 5.64. The maximum atomic E-state index is 8.87. The van der Waals surface area contributed by atoms with Crippen molar-refractivity contribution in [2.45, 2.75) is 13.5 Å².